The lowest BCUT2D eigenvalue weighted by molar-refractivity contribution is 0.510. The molecule has 0 aromatic heterocycles. The monoisotopic (exact) mass is 211 g/mol. The number of hydrogen-bond acceptors (Lipinski definition) is 1. The molecule has 1 atom stereocenters. The Hall–Kier alpha value is -0.530. The Morgan fingerprint density at radius 1 is 1.36 bits per heavy atom. The molecule has 0 amide bonds. The largest absolute Gasteiger partial charge is 0.324 e. The van der Waals surface area contributed by atoms with Crippen LogP contribution in [-0.4, -0.2) is 0 Å². The molecule has 0 bridgehead atoms. The predicted octanol–water partition coefficient (Wildman–Crippen LogP) is 3.69. The smallest absolute Gasteiger partial charge is 0.0438 e. The summed E-state index contributed by atoms with van der Waals surface area (Å²) < 4.78 is 0. The van der Waals surface area contributed by atoms with Gasteiger partial charge >= 0.3 is 0 Å². The van der Waals surface area contributed by atoms with Crippen molar-refractivity contribution in [2.45, 2.75) is 33.2 Å². The van der Waals surface area contributed by atoms with E-state index in [0.29, 0.717) is 5.92 Å². The molecular weight excluding hydrogens is 194 g/mol. The molecule has 1 unspecified atom stereocenters. The normalized spacial score (nSPS) is 13.3. The number of hydrogen-bond donors (Lipinski definition) is 1. The molecule has 0 aliphatic carbocycles. The number of halogens is 1. The van der Waals surface area contributed by atoms with Crippen LogP contribution in [0, 0.1) is 12.8 Å². The van der Waals surface area contributed by atoms with Gasteiger partial charge in [-0.05, 0) is 36.5 Å². The maximum absolute atomic E-state index is 6.06. The SMILES string of the molecule is Cc1ccc(C(N)CC(C)C)cc1Cl. The second-order valence-corrected chi connectivity index (χ2v) is 4.65. The zero-order valence-corrected chi connectivity index (χ0v) is 9.81. The molecule has 0 aliphatic rings. The van der Waals surface area contributed by atoms with Crippen molar-refractivity contribution in [1.82, 2.24) is 0 Å². The molecule has 0 saturated heterocycles. The highest BCUT2D eigenvalue weighted by Crippen LogP contribution is 2.23. The summed E-state index contributed by atoms with van der Waals surface area (Å²) >= 11 is 6.04. The Kier molecular flexibility index (Phi) is 3.97. The zero-order chi connectivity index (χ0) is 10.7. The molecule has 2 N–H and O–H groups in total. The lowest BCUT2D eigenvalue weighted by Crippen LogP contribution is -2.12. The van der Waals surface area contributed by atoms with Gasteiger partial charge in [0, 0.05) is 11.1 Å². The summed E-state index contributed by atoms with van der Waals surface area (Å²) in [6.45, 7) is 6.35. The maximum Gasteiger partial charge on any atom is 0.0438 e. The second-order valence-electron chi connectivity index (χ2n) is 4.24. The van der Waals surface area contributed by atoms with E-state index in [0.717, 1.165) is 22.6 Å². The zero-order valence-electron chi connectivity index (χ0n) is 9.05. The van der Waals surface area contributed by atoms with Crippen molar-refractivity contribution in [1.29, 1.82) is 0 Å². The Bertz CT molecular complexity index is 307. The summed E-state index contributed by atoms with van der Waals surface area (Å²) in [5.41, 5.74) is 8.29. The third-order valence-corrected chi connectivity index (χ3v) is 2.76. The van der Waals surface area contributed by atoms with Crippen molar-refractivity contribution in [2.24, 2.45) is 11.7 Å². The fourth-order valence-electron chi connectivity index (χ4n) is 1.48. The third kappa shape index (κ3) is 3.00. The Labute approximate surface area is 91.3 Å². The van der Waals surface area contributed by atoms with Gasteiger partial charge < -0.3 is 5.73 Å². The molecule has 1 nitrogen and oxygen atoms in total. The summed E-state index contributed by atoms with van der Waals surface area (Å²) in [5, 5.41) is 0.807. The predicted molar refractivity (Wildman–Crippen MR) is 62.6 cm³/mol. The first-order valence-corrected chi connectivity index (χ1v) is 5.40. The van der Waals surface area contributed by atoms with E-state index in [1.165, 1.54) is 0 Å². The molecule has 0 aliphatic heterocycles. The molecule has 1 aromatic carbocycles. The van der Waals surface area contributed by atoms with E-state index < -0.39 is 0 Å². The van der Waals surface area contributed by atoms with E-state index in [9.17, 15) is 0 Å². The van der Waals surface area contributed by atoms with Crippen molar-refractivity contribution in [3.63, 3.8) is 0 Å². The van der Waals surface area contributed by atoms with Crippen LogP contribution in [-0.2, 0) is 0 Å². The molecule has 0 spiro atoms. The van der Waals surface area contributed by atoms with Gasteiger partial charge in [-0.25, -0.2) is 0 Å². The van der Waals surface area contributed by atoms with E-state index in [4.69, 9.17) is 17.3 Å². The average molecular weight is 212 g/mol. The summed E-state index contributed by atoms with van der Waals surface area (Å²) in [6, 6.07) is 6.17. The minimum absolute atomic E-state index is 0.105. The first-order valence-electron chi connectivity index (χ1n) is 5.02. The van der Waals surface area contributed by atoms with Crippen LogP contribution in [0.4, 0.5) is 0 Å². The fraction of sp³-hybridized carbons (Fsp3) is 0.500. The second kappa shape index (κ2) is 4.81. The summed E-state index contributed by atoms with van der Waals surface area (Å²) in [5.74, 6) is 0.616. The first-order chi connectivity index (χ1) is 6.50. The van der Waals surface area contributed by atoms with Gasteiger partial charge in [-0.1, -0.05) is 37.6 Å². The standard InChI is InChI=1S/C12H18ClN/c1-8(2)6-12(14)10-5-4-9(3)11(13)7-10/h4-5,7-8,12H,6,14H2,1-3H3. The van der Waals surface area contributed by atoms with E-state index in [-0.39, 0.29) is 6.04 Å². The van der Waals surface area contributed by atoms with Gasteiger partial charge in [0.2, 0.25) is 0 Å². The van der Waals surface area contributed by atoms with Crippen LogP contribution in [0.5, 0.6) is 0 Å². The first kappa shape index (κ1) is 11.5. The topological polar surface area (TPSA) is 26.0 Å². The lowest BCUT2D eigenvalue weighted by atomic mass is 9.97. The third-order valence-electron chi connectivity index (χ3n) is 2.35. The minimum atomic E-state index is 0.105. The molecule has 0 fully saturated rings. The molecule has 0 radical (unpaired) electrons. The molecule has 1 aromatic rings. The maximum atomic E-state index is 6.06. The van der Waals surface area contributed by atoms with E-state index >= 15 is 0 Å². The van der Waals surface area contributed by atoms with Crippen LogP contribution in [0.2, 0.25) is 5.02 Å². The molecule has 1 rings (SSSR count). The minimum Gasteiger partial charge on any atom is -0.324 e. The number of aryl methyl sites for hydroxylation is 1. The molecule has 78 valence electrons. The summed E-state index contributed by atoms with van der Waals surface area (Å²) in [4.78, 5) is 0. The van der Waals surface area contributed by atoms with Gasteiger partial charge in [-0.15, -0.1) is 0 Å². The van der Waals surface area contributed by atoms with Crippen molar-refractivity contribution in [3.8, 4) is 0 Å². The van der Waals surface area contributed by atoms with E-state index in [1.807, 2.05) is 19.1 Å². The van der Waals surface area contributed by atoms with Crippen LogP contribution < -0.4 is 5.73 Å². The lowest BCUT2D eigenvalue weighted by Gasteiger charge is -2.15. The highest BCUT2D eigenvalue weighted by Gasteiger charge is 2.09. The highest BCUT2D eigenvalue weighted by atomic mass is 35.5. The Balaban J connectivity index is 2.80. The van der Waals surface area contributed by atoms with Crippen LogP contribution in [0.3, 0.4) is 0 Å². The molecule has 2 heteroatoms. The van der Waals surface area contributed by atoms with Gasteiger partial charge in [-0.2, -0.15) is 0 Å². The van der Waals surface area contributed by atoms with Crippen LogP contribution >= 0.6 is 11.6 Å². The van der Waals surface area contributed by atoms with Crippen molar-refractivity contribution in [2.75, 3.05) is 0 Å². The van der Waals surface area contributed by atoms with Gasteiger partial charge in [-0.3, -0.25) is 0 Å². The van der Waals surface area contributed by atoms with Gasteiger partial charge in [0.15, 0.2) is 0 Å². The van der Waals surface area contributed by atoms with Gasteiger partial charge in [0.05, 0.1) is 0 Å². The summed E-state index contributed by atoms with van der Waals surface area (Å²) in [6.07, 6.45) is 0.999. The fourth-order valence-corrected chi connectivity index (χ4v) is 1.67. The number of rotatable bonds is 3. The van der Waals surface area contributed by atoms with Crippen LogP contribution in [0.15, 0.2) is 18.2 Å². The quantitative estimate of drug-likeness (QED) is 0.811. The van der Waals surface area contributed by atoms with Crippen molar-refractivity contribution in [3.05, 3.63) is 34.3 Å². The van der Waals surface area contributed by atoms with E-state index in [1.54, 1.807) is 0 Å². The van der Waals surface area contributed by atoms with Crippen molar-refractivity contribution < 1.29 is 0 Å². The number of benzene rings is 1. The Morgan fingerprint density at radius 2 is 2.00 bits per heavy atom. The van der Waals surface area contributed by atoms with Crippen molar-refractivity contribution >= 4 is 11.6 Å². The van der Waals surface area contributed by atoms with Crippen LogP contribution in [0.25, 0.3) is 0 Å². The van der Waals surface area contributed by atoms with E-state index in [2.05, 4.69) is 19.9 Å². The molecule has 0 saturated carbocycles. The number of nitrogens with two attached hydrogens (primary N) is 1. The molecular formula is C12H18ClN. The molecule has 0 heterocycles. The Morgan fingerprint density at radius 3 is 2.50 bits per heavy atom. The van der Waals surface area contributed by atoms with Gasteiger partial charge in [0.1, 0.15) is 0 Å². The molecule has 14 heavy (non-hydrogen) atoms. The van der Waals surface area contributed by atoms with Gasteiger partial charge in [0.25, 0.3) is 0 Å². The summed E-state index contributed by atoms with van der Waals surface area (Å²) in [7, 11) is 0. The van der Waals surface area contributed by atoms with Crippen LogP contribution in [0.1, 0.15) is 37.4 Å². The highest BCUT2D eigenvalue weighted by molar-refractivity contribution is 6.31. The average Bonchev–Trinajstić information content (AvgIpc) is 2.08.